The fourth-order valence-corrected chi connectivity index (χ4v) is 3.37. The maximum absolute atomic E-state index is 12.4. The van der Waals surface area contributed by atoms with E-state index in [-0.39, 0.29) is 12.1 Å². The van der Waals surface area contributed by atoms with Crippen LogP contribution in [0.15, 0.2) is 55.1 Å². The number of hydrogen-bond acceptors (Lipinski definition) is 5. The Morgan fingerprint density at radius 2 is 1.89 bits per heavy atom. The molecule has 28 heavy (non-hydrogen) atoms. The second-order valence-electron chi connectivity index (χ2n) is 6.86. The van der Waals surface area contributed by atoms with Gasteiger partial charge in [-0.25, -0.2) is 19.4 Å². The van der Waals surface area contributed by atoms with Gasteiger partial charge in [0, 0.05) is 49.6 Å². The molecule has 3 heterocycles. The van der Waals surface area contributed by atoms with Crippen molar-refractivity contribution in [3.8, 4) is 5.69 Å². The molecule has 1 saturated heterocycles. The summed E-state index contributed by atoms with van der Waals surface area (Å²) in [4.78, 5) is 23.1. The van der Waals surface area contributed by atoms with E-state index in [1.807, 2.05) is 43.5 Å². The van der Waals surface area contributed by atoms with E-state index in [0.717, 1.165) is 48.8 Å². The number of benzene rings is 1. The van der Waals surface area contributed by atoms with Gasteiger partial charge in [-0.05, 0) is 55.7 Å². The van der Waals surface area contributed by atoms with E-state index in [1.165, 1.54) is 0 Å². The minimum Gasteiger partial charge on any atom is -0.341 e. The highest BCUT2D eigenvalue weighted by atomic mass is 16.2. The third-order valence-corrected chi connectivity index (χ3v) is 4.89. The van der Waals surface area contributed by atoms with E-state index in [1.54, 1.807) is 23.3 Å². The second kappa shape index (κ2) is 8.08. The summed E-state index contributed by atoms with van der Waals surface area (Å²) in [5.41, 5.74) is 2.74. The fraction of sp³-hybridized carbons (Fsp3) is 0.300. The van der Waals surface area contributed by atoms with Crippen LogP contribution in [0.3, 0.4) is 0 Å². The van der Waals surface area contributed by atoms with Crippen LogP contribution in [-0.4, -0.2) is 44.9 Å². The first-order chi connectivity index (χ1) is 13.7. The molecule has 0 bridgehead atoms. The molecule has 0 radical (unpaired) electrons. The van der Waals surface area contributed by atoms with Crippen molar-refractivity contribution < 1.29 is 4.79 Å². The number of urea groups is 1. The first-order valence-electron chi connectivity index (χ1n) is 9.39. The third kappa shape index (κ3) is 4.11. The number of anilines is 2. The van der Waals surface area contributed by atoms with Gasteiger partial charge >= 0.3 is 6.03 Å². The molecular formula is C20H23N7O. The van der Waals surface area contributed by atoms with Crippen molar-refractivity contribution in [3.05, 3.63) is 60.7 Å². The SMILES string of the molecule is Cc1cc(-n2cccn2)ccc1NC(=O)NC1CCN(c2ncccn2)CC1. The first-order valence-corrected chi connectivity index (χ1v) is 9.39. The first kappa shape index (κ1) is 18.0. The maximum atomic E-state index is 12.4. The van der Waals surface area contributed by atoms with Gasteiger partial charge in [0.2, 0.25) is 5.95 Å². The standard InChI is InChI=1S/C20H23N7O/c1-15-14-17(27-11-3-10-23-27)4-5-18(15)25-20(28)24-16-6-12-26(13-7-16)19-21-8-2-9-22-19/h2-5,8-11,14,16H,6-7,12-13H2,1H3,(H2,24,25,28). The molecule has 1 aliphatic rings. The molecule has 2 N–H and O–H groups in total. The number of hydrogen-bond donors (Lipinski definition) is 2. The Kier molecular flexibility index (Phi) is 5.18. The fourth-order valence-electron chi connectivity index (χ4n) is 3.37. The van der Waals surface area contributed by atoms with Gasteiger partial charge in [0.1, 0.15) is 0 Å². The van der Waals surface area contributed by atoms with Crippen LogP contribution in [0.2, 0.25) is 0 Å². The third-order valence-electron chi connectivity index (χ3n) is 4.89. The van der Waals surface area contributed by atoms with Crippen molar-refractivity contribution in [1.82, 2.24) is 25.1 Å². The van der Waals surface area contributed by atoms with Crippen molar-refractivity contribution in [1.29, 1.82) is 0 Å². The van der Waals surface area contributed by atoms with Crippen LogP contribution in [0.25, 0.3) is 5.69 Å². The van der Waals surface area contributed by atoms with E-state index in [0.29, 0.717) is 0 Å². The highest BCUT2D eigenvalue weighted by Crippen LogP contribution is 2.19. The van der Waals surface area contributed by atoms with E-state index in [2.05, 4.69) is 30.6 Å². The number of piperidine rings is 1. The average Bonchev–Trinajstić information content (AvgIpc) is 3.26. The summed E-state index contributed by atoms with van der Waals surface area (Å²) >= 11 is 0. The molecule has 144 valence electrons. The number of rotatable bonds is 4. The molecule has 8 nitrogen and oxygen atoms in total. The van der Waals surface area contributed by atoms with E-state index in [4.69, 9.17) is 0 Å². The zero-order valence-corrected chi connectivity index (χ0v) is 15.7. The summed E-state index contributed by atoms with van der Waals surface area (Å²) in [5, 5.41) is 10.3. The Morgan fingerprint density at radius 1 is 1.11 bits per heavy atom. The minimum atomic E-state index is -0.177. The highest BCUT2D eigenvalue weighted by molar-refractivity contribution is 5.90. The van der Waals surface area contributed by atoms with Crippen LogP contribution >= 0.6 is 0 Å². The van der Waals surface area contributed by atoms with Gasteiger partial charge in [0.25, 0.3) is 0 Å². The number of nitrogens with one attached hydrogen (secondary N) is 2. The van der Waals surface area contributed by atoms with Crippen LogP contribution in [-0.2, 0) is 0 Å². The van der Waals surface area contributed by atoms with E-state index >= 15 is 0 Å². The molecule has 1 fully saturated rings. The molecule has 2 amide bonds. The topological polar surface area (TPSA) is 88.0 Å². The predicted octanol–water partition coefficient (Wildman–Crippen LogP) is 2.76. The molecule has 1 aliphatic heterocycles. The Balaban J connectivity index is 1.30. The summed E-state index contributed by atoms with van der Waals surface area (Å²) < 4.78 is 1.79. The van der Waals surface area contributed by atoms with E-state index < -0.39 is 0 Å². The molecule has 0 unspecified atom stereocenters. The normalized spacial score (nSPS) is 14.7. The van der Waals surface area contributed by atoms with Gasteiger partial charge in [0.05, 0.1) is 5.69 Å². The summed E-state index contributed by atoms with van der Waals surface area (Å²) in [7, 11) is 0. The molecule has 8 heteroatoms. The van der Waals surface area contributed by atoms with Crippen LogP contribution in [0.5, 0.6) is 0 Å². The van der Waals surface area contributed by atoms with Gasteiger partial charge in [0.15, 0.2) is 0 Å². The van der Waals surface area contributed by atoms with Gasteiger partial charge < -0.3 is 15.5 Å². The smallest absolute Gasteiger partial charge is 0.319 e. The zero-order valence-electron chi connectivity index (χ0n) is 15.7. The van der Waals surface area contributed by atoms with Gasteiger partial charge in [-0.1, -0.05) is 0 Å². The number of carbonyl (C=O) groups is 1. The van der Waals surface area contributed by atoms with Crippen molar-refractivity contribution in [2.24, 2.45) is 0 Å². The van der Waals surface area contributed by atoms with Gasteiger partial charge in [-0.3, -0.25) is 0 Å². The molecule has 0 saturated carbocycles. The molecule has 0 aliphatic carbocycles. The zero-order chi connectivity index (χ0) is 19.3. The van der Waals surface area contributed by atoms with Crippen LogP contribution < -0.4 is 15.5 Å². The van der Waals surface area contributed by atoms with Crippen molar-refractivity contribution in [3.63, 3.8) is 0 Å². The van der Waals surface area contributed by atoms with Crippen molar-refractivity contribution in [2.45, 2.75) is 25.8 Å². The maximum Gasteiger partial charge on any atom is 0.319 e. The van der Waals surface area contributed by atoms with Crippen molar-refractivity contribution >= 4 is 17.7 Å². The summed E-state index contributed by atoms with van der Waals surface area (Å²) in [5.74, 6) is 0.748. The Bertz CT molecular complexity index is 919. The second-order valence-corrected chi connectivity index (χ2v) is 6.86. The lowest BCUT2D eigenvalue weighted by Crippen LogP contribution is -2.46. The van der Waals surface area contributed by atoms with Gasteiger partial charge in [-0.15, -0.1) is 0 Å². The summed E-state index contributed by atoms with van der Waals surface area (Å²) in [6.07, 6.45) is 8.86. The molecule has 4 rings (SSSR count). The average molecular weight is 377 g/mol. The molecule has 3 aromatic rings. The lowest BCUT2D eigenvalue weighted by molar-refractivity contribution is 0.246. The number of carbonyl (C=O) groups excluding carboxylic acids is 1. The summed E-state index contributed by atoms with van der Waals surface area (Å²) in [6, 6.07) is 9.50. The molecular weight excluding hydrogens is 354 g/mol. The largest absolute Gasteiger partial charge is 0.341 e. The molecule has 1 aromatic carbocycles. The minimum absolute atomic E-state index is 0.142. The number of amides is 2. The van der Waals surface area contributed by atoms with Crippen LogP contribution in [0.4, 0.5) is 16.4 Å². The predicted molar refractivity (Wildman–Crippen MR) is 108 cm³/mol. The Labute approximate surface area is 163 Å². The van der Waals surface area contributed by atoms with Crippen molar-refractivity contribution in [2.75, 3.05) is 23.3 Å². The lowest BCUT2D eigenvalue weighted by atomic mass is 10.1. The lowest BCUT2D eigenvalue weighted by Gasteiger charge is -2.32. The highest BCUT2D eigenvalue weighted by Gasteiger charge is 2.22. The molecule has 0 spiro atoms. The van der Waals surface area contributed by atoms with Crippen LogP contribution in [0, 0.1) is 6.92 Å². The van der Waals surface area contributed by atoms with E-state index in [9.17, 15) is 4.79 Å². The van der Waals surface area contributed by atoms with Gasteiger partial charge in [-0.2, -0.15) is 5.10 Å². The number of nitrogens with zero attached hydrogens (tertiary/aromatic N) is 5. The Hall–Kier alpha value is -3.42. The summed E-state index contributed by atoms with van der Waals surface area (Å²) in [6.45, 7) is 3.63. The monoisotopic (exact) mass is 377 g/mol. The van der Waals surface area contributed by atoms with Crippen LogP contribution in [0.1, 0.15) is 18.4 Å². The molecule has 2 aromatic heterocycles. The Morgan fingerprint density at radius 3 is 2.57 bits per heavy atom. The molecule has 0 atom stereocenters. The quantitative estimate of drug-likeness (QED) is 0.730. The number of aromatic nitrogens is 4. The number of aryl methyl sites for hydroxylation is 1.